The van der Waals surface area contributed by atoms with Gasteiger partial charge in [-0.15, -0.1) is 0 Å². The predicted octanol–water partition coefficient (Wildman–Crippen LogP) is 3.17. The normalized spacial score (nSPS) is 19.6. The van der Waals surface area contributed by atoms with E-state index in [0.29, 0.717) is 55.2 Å². The van der Waals surface area contributed by atoms with Crippen LogP contribution in [-0.4, -0.2) is 65.4 Å². The summed E-state index contributed by atoms with van der Waals surface area (Å²) in [5, 5.41) is 2.90. The van der Waals surface area contributed by atoms with Crippen LogP contribution in [0.15, 0.2) is 36.5 Å². The number of piperazine rings is 1. The minimum absolute atomic E-state index is 0.0760. The topological polar surface area (TPSA) is 74.8 Å². The molecule has 0 saturated carbocycles. The van der Waals surface area contributed by atoms with Crippen molar-refractivity contribution < 1.29 is 18.7 Å². The molecule has 1 aromatic heterocycles. The molecule has 4 rings (SSSR count). The molecule has 2 aliphatic heterocycles. The minimum Gasteiger partial charge on any atom is -0.490 e. The van der Waals surface area contributed by atoms with E-state index in [0.717, 1.165) is 0 Å². The Kier molecular flexibility index (Phi) is 6.15. The highest BCUT2D eigenvalue weighted by atomic mass is 19.1. The molecular weight excluding hydrogens is 411 g/mol. The van der Waals surface area contributed by atoms with Gasteiger partial charge in [-0.3, -0.25) is 14.5 Å². The Bertz CT molecular complexity index is 1020. The molecule has 3 heterocycles. The standard InChI is InChI=1S/C24H29FN4O3/c1-24(2,3)12-22(31)29-10-9-28-14-21(30)27-19-11-16(18-5-4-8-26-23(18)25)6-7-20(19)32-15-17(28)13-29/h4-8,11,17H,9-10,12-15H2,1-3H3,(H,27,30)/t17-/m1/s1. The van der Waals surface area contributed by atoms with Crippen LogP contribution < -0.4 is 10.1 Å². The molecule has 7 nitrogen and oxygen atoms in total. The number of fused-ring (bicyclic) bond motifs is 2. The number of carbonyl (C=O) groups excluding carboxylic acids is 2. The zero-order valence-corrected chi connectivity index (χ0v) is 18.7. The zero-order chi connectivity index (χ0) is 22.9. The number of nitrogens with one attached hydrogen (secondary N) is 1. The van der Waals surface area contributed by atoms with Crippen LogP contribution in [0.4, 0.5) is 10.1 Å². The van der Waals surface area contributed by atoms with E-state index in [9.17, 15) is 14.0 Å². The molecule has 170 valence electrons. The molecule has 0 aliphatic carbocycles. The largest absolute Gasteiger partial charge is 0.490 e. The maximum absolute atomic E-state index is 14.1. The second kappa shape index (κ2) is 8.86. The van der Waals surface area contributed by atoms with Gasteiger partial charge in [-0.1, -0.05) is 26.8 Å². The summed E-state index contributed by atoms with van der Waals surface area (Å²) in [6.45, 7) is 8.44. The van der Waals surface area contributed by atoms with Gasteiger partial charge in [0.05, 0.1) is 18.3 Å². The molecule has 2 aromatic rings. The van der Waals surface area contributed by atoms with Crippen LogP contribution in [0.3, 0.4) is 0 Å². The summed E-state index contributed by atoms with van der Waals surface area (Å²) >= 11 is 0. The Morgan fingerprint density at radius 2 is 2.09 bits per heavy atom. The third-order valence-corrected chi connectivity index (χ3v) is 5.74. The van der Waals surface area contributed by atoms with Crippen LogP contribution in [-0.2, 0) is 9.59 Å². The highest BCUT2D eigenvalue weighted by Gasteiger charge is 2.33. The van der Waals surface area contributed by atoms with Crippen molar-refractivity contribution in [2.45, 2.75) is 33.2 Å². The van der Waals surface area contributed by atoms with Crippen LogP contribution in [0.1, 0.15) is 27.2 Å². The van der Waals surface area contributed by atoms with E-state index in [1.807, 2.05) is 4.90 Å². The first-order chi connectivity index (χ1) is 15.2. The van der Waals surface area contributed by atoms with Gasteiger partial charge in [0, 0.05) is 37.8 Å². The van der Waals surface area contributed by atoms with Crippen LogP contribution in [0.25, 0.3) is 11.1 Å². The number of ether oxygens (including phenoxy) is 1. The van der Waals surface area contributed by atoms with Gasteiger partial charge in [0.15, 0.2) is 0 Å². The van der Waals surface area contributed by atoms with E-state index in [-0.39, 0.29) is 29.8 Å². The number of carbonyl (C=O) groups is 2. The number of hydrogen-bond acceptors (Lipinski definition) is 5. The second-order valence-electron chi connectivity index (χ2n) is 9.61. The Balaban J connectivity index is 1.54. The molecule has 1 aromatic carbocycles. The third kappa shape index (κ3) is 5.07. The van der Waals surface area contributed by atoms with Crippen molar-refractivity contribution >= 4 is 17.5 Å². The van der Waals surface area contributed by atoms with Gasteiger partial charge in [0.25, 0.3) is 0 Å². The third-order valence-electron chi connectivity index (χ3n) is 5.74. The Hall–Kier alpha value is -3.00. The van der Waals surface area contributed by atoms with Crippen LogP contribution in [0, 0.1) is 11.4 Å². The minimum atomic E-state index is -0.570. The van der Waals surface area contributed by atoms with Gasteiger partial charge < -0.3 is 15.0 Å². The summed E-state index contributed by atoms with van der Waals surface area (Å²) < 4.78 is 20.2. The maximum atomic E-state index is 14.1. The summed E-state index contributed by atoms with van der Waals surface area (Å²) in [4.78, 5) is 33.1. The molecular formula is C24H29FN4O3. The van der Waals surface area contributed by atoms with E-state index in [1.54, 1.807) is 30.3 Å². The Morgan fingerprint density at radius 3 is 2.84 bits per heavy atom. The van der Waals surface area contributed by atoms with Gasteiger partial charge in [-0.25, -0.2) is 4.98 Å². The fourth-order valence-corrected chi connectivity index (χ4v) is 4.13. The average molecular weight is 441 g/mol. The van der Waals surface area contributed by atoms with Crippen molar-refractivity contribution in [3.63, 3.8) is 0 Å². The molecule has 8 heteroatoms. The quantitative estimate of drug-likeness (QED) is 0.726. The summed E-state index contributed by atoms with van der Waals surface area (Å²) in [7, 11) is 0. The molecule has 1 saturated heterocycles. The smallest absolute Gasteiger partial charge is 0.238 e. The first-order valence-electron chi connectivity index (χ1n) is 10.9. The van der Waals surface area contributed by atoms with Crippen LogP contribution in [0.2, 0.25) is 0 Å². The lowest BCUT2D eigenvalue weighted by Crippen LogP contribution is -2.58. The van der Waals surface area contributed by atoms with E-state index in [4.69, 9.17) is 4.74 Å². The van der Waals surface area contributed by atoms with Gasteiger partial charge in [-0.2, -0.15) is 4.39 Å². The number of aromatic nitrogens is 1. The van der Waals surface area contributed by atoms with Crippen molar-refractivity contribution in [1.82, 2.24) is 14.8 Å². The number of pyridine rings is 1. The lowest BCUT2D eigenvalue weighted by atomic mass is 9.91. The summed E-state index contributed by atoms with van der Waals surface area (Å²) in [6.07, 6.45) is 1.88. The fraction of sp³-hybridized carbons (Fsp3) is 0.458. The molecule has 32 heavy (non-hydrogen) atoms. The van der Waals surface area contributed by atoms with Crippen molar-refractivity contribution in [2.24, 2.45) is 5.41 Å². The number of halogens is 1. The van der Waals surface area contributed by atoms with E-state index < -0.39 is 5.95 Å². The molecule has 2 amide bonds. The van der Waals surface area contributed by atoms with Gasteiger partial charge in [0.1, 0.15) is 12.4 Å². The molecule has 0 unspecified atom stereocenters. The fourth-order valence-electron chi connectivity index (χ4n) is 4.13. The lowest BCUT2D eigenvalue weighted by Gasteiger charge is -2.41. The summed E-state index contributed by atoms with van der Waals surface area (Å²) in [5.74, 6) is -0.0867. The number of amides is 2. The van der Waals surface area contributed by atoms with E-state index >= 15 is 0 Å². The molecule has 0 radical (unpaired) electrons. The number of hydrogen-bond donors (Lipinski definition) is 1. The number of rotatable bonds is 2. The number of nitrogens with zero attached hydrogens (tertiary/aromatic N) is 3. The monoisotopic (exact) mass is 440 g/mol. The maximum Gasteiger partial charge on any atom is 0.238 e. The molecule has 1 atom stereocenters. The molecule has 0 spiro atoms. The van der Waals surface area contributed by atoms with Crippen molar-refractivity contribution in [3.05, 3.63) is 42.5 Å². The first-order valence-corrected chi connectivity index (χ1v) is 10.9. The van der Waals surface area contributed by atoms with Gasteiger partial charge in [0.2, 0.25) is 17.8 Å². The van der Waals surface area contributed by atoms with E-state index in [1.165, 1.54) is 6.20 Å². The number of anilines is 1. The number of benzene rings is 1. The SMILES string of the molecule is CC(C)(C)CC(=O)N1CCN2CC(=O)Nc3cc(-c4cccnc4F)ccc3OC[C@H]2C1. The highest BCUT2D eigenvalue weighted by molar-refractivity contribution is 5.94. The lowest BCUT2D eigenvalue weighted by molar-refractivity contribution is -0.136. The van der Waals surface area contributed by atoms with Gasteiger partial charge in [-0.05, 0) is 35.2 Å². The summed E-state index contributed by atoms with van der Waals surface area (Å²) in [5.41, 5.74) is 1.38. The summed E-state index contributed by atoms with van der Waals surface area (Å²) in [6, 6.07) is 8.42. The predicted molar refractivity (Wildman–Crippen MR) is 120 cm³/mol. The Labute approximate surface area is 187 Å². The highest BCUT2D eigenvalue weighted by Crippen LogP contribution is 2.33. The van der Waals surface area contributed by atoms with Crippen molar-refractivity contribution in [3.8, 4) is 16.9 Å². The average Bonchev–Trinajstić information content (AvgIpc) is 2.78. The van der Waals surface area contributed by atoms with Crippen molar-refractivity contribution in [1.29, 1.82) is 0 Å². The van der Waals surface area contributed by atoms with Crippen molar-refractivity contribution in [2.75, 3.05) is 38.1 Å². The zero-order valence-electron chi connectivity index (χ0n) is 18.7. The van der Waals surface area contributed by atoms with Gasteiger partial charge >= 0.3 is 0 Å². The molecule has 2 aliphatic rings. The molecule has 0 bridgehead atoms. The Morgan fingerprint density at radius 1 is 1.28 bits per heavy atom. The molecule has 1 N–H and O–H groups in total. The van der Waals surface area contributed by atoms with Crippen LogP contribution >= 0.6 is 0 Å². The first kappa shape index (κ1) is 22.2. The van der Waals surface area contributed by atoms with Crippen LogP contribution in [0.5, 0.6) is 5.75 Å². The van der Waals surface area contributed by atoms with E-state index in [2.05, 4.69) is 36.0 Å². The second-order valence-corrected chi connectivity index (χ2v) is 9.61. The molecule has 1 fully saturated rings.